The predicted molar refractivity (Wildman–Crippen MR) is 121 cm³/mol. The van der Waals surface area contributed by atoms with Gasteiger partial charge >= 0.3 is 0 Å². The van der Waals surface area contributed by atoms with Crippen molar-refractivity contribution in [2.75, 3.05) is 26.2 Å². The topological polar surface area (TPSA) is 35.5 Å². The van der Waals surface area contributed by atoms with E-state index < -0.39 is 0 Å². The van der Waals surface area contributed by atoms with Crippen LogP contribution in [0.4, 0.5) is 0 Å². The summed E-state index contributed by atoms with van der Waals surface area (Å²) in [4.78, 5) is 1.07. The van der Waals surface area contributed by atoms with Crippen LogP contribution < -0.4 is 5.32 Å². The lowest BCUT2D eigenvalue weighted by atomic mass is 9.76. The van der Waals surface area contributed by atoms with Gasteiger partial charge in [0, 0.05) is 37.2 Å². The van der Waals surface area contributed by atoms with Gasteiger partial charge in [-0.3, -0.25) is 4.31 Å². The summed E-state index contributed by atoms with van der Waals surface area (Å²) < 4.78 is 2.46. The number of phenolic OH excluding ortho intramolecular Hbond substituents is 1. The first-order chi connectivity index (χ1) is 13.5. The van der Waals surface area contributed by atoms with Crippen molar-refractivity contribution in [3.8, 4) is 16.9 Å². The third-order valence-corrected chi connectivity index (χ3v) is 7.97. The molecule has 2 saturated heterocycles. The summed E-state index contributed by atoms with van der Waals surface area (Å²) >= 11 is 0. The molecule has 1 unspecified atom stereocenters. The molecule has 1 spiro atoms. The van der Waals surface area contributed by atoms with Gasteiger partial charge in [0.1, 0.15) is 5.75 Å². The van der Waals surface area contributed by atoms with E-state index in [2.05, 4.69) is 65.7 Å². The van der Waals surface area contributed by atoms with Gasteiger partial charge in [0.15, 0.2) is 0 Å². The Morgan fingerprint density at radius 2 is 1.96 bits per heavy atom. The summed E-state index contributed by atoms with van der Waals surface area (Å²) in [6.07, 6.45) is 4.62. The minimum atomic E-state index is -0.318. The molecule has 2 heterocycles. The van der Waals surface area contributed by atoms with E-state index in [-0.39, 0.29) is 10.7 Å². The zero-order chi connectivity index (χ0) is 19.7. The molecule has 4 heteroatoms. The monoisotopic (exact) mass is 396 g/mol. The van der Waals surface area contributed by atoms with Gasteiger partial charge in [0.25, 0.3) is 0 Å². The molecule has 0 radical (unpaired) electrons. The standard InChI is InChI=1S/C24H32N2OS/c1-4-5-6-9-19-11-12-21(20-10-7-8-18(2)13-20)22(27)23(19)28(3)26-16-24(17-26)14-25-15-24/h7-8,10-13,25,27H,3-6,9,14-17H2,1-2H3. The Kier molecular flexibility index (Phi) is 5.64. The smallest absolute Gasteiger partial charge is 0.137 e. The Labute approximate surface area is 171 Å². The average Bonchev–Trinajstić information content (AvgIpc) is 2.59. The number of phenols is 1. The lowest BCUT2D eigenvalue weighted by molar-refractivity contribution is 0.0231. The van der Waals surface area contributed by atoms with Crippen molar-refractivity contribution < 1.29 is 5.11 Å². The lowest BCUT2D eigenvalue weighted by Gasteiger charge is -2.56. The number of benzene rings is 2. The first-order valence-corrected chi connectivity index (χ1v) is 11.8. The Morgan fingerprint density at radius 1 is 1.18 bits per heavy atom. The number of nitrogens with zero attached hydrogens (tertiary/aromatic N) is 1. The molecule has 0 amide bonds. The third kappa shape index (κ3) is 3.66. The number of hydrogen-bond donors (Lipinski definition) is 2. The maximum atomic E-state index is 11.3. The lowest BCUT2D eigenvalue weighted by Crippen LogP contribution is -2.69. The first-order valence-electron chi connectivity index (χ1n) is 10.4. The van der Waals surface area contributed by atoms with Crippen LogP contribution in [0.5, 0.6) is 5.75 Å². The second-order valence-electron chi connectivity index (χ2n) is 8.54. The van der Waals surface area contributed by atoms with Crippen LogP contribution in [-0.2, 0) is 6.42 Å². The Balaban J connectivity index is 1.67. The fourth-order valence-electron chi connectivity index (χ4n) is 4.37. The molecule has 4 rings (SSSR count). The van der Waals surface area contributed by atoms with E-state index in [1.54, 1.807) is 0 Å². The number of aryl methyl sites for hydroxylation is 2. The highest BCUT2D eigenvalue weighted by molar-refractivity contribution is 8.12. The fraction of sp³-hybridized carbons (Fsp3) is 0.458. The molecule has 0 saturated carbocycles. The van der Waals surface area contributed by atoms with Gasteiger partial charge in [0.2, 0.25) is 0 Å². The van der Waals surface area contributed by atoms with Crippen molar-refractivity contribution in [1.29, 1.82) is 0 Å². The van der Waals surface area contributed by atoms with E-state index in [9.17, 15) is 5.11 Å². The predicted octanol–water partition coefficient (Wildman–Crippen LogP) is 4.98. The van der Waals surface area contributed by atoms with Crippen LogP contribution in [-0.4, -0.2) is 41.5 Å². The summed E-state index contributed by atoms with van der Waals surface area (Å²) in [5, 5.41) is 14.7. The highest BCUT2D eigenvalue weighted by atomic mass is 32.2. The number of unbranched alkanes of at least 4 members (excludes halogenated alkanes) is 2. The SMILES string of the molecule is C=S(c1c(CCCCC)ccc(-c2cccc(C)c2)c1O)N1CC2(CNC2)C1. The van der Waals surface area contributed by atoms with Crippen LogP contribution in [0.15, 0.2) is 41.3 Å². The van der Waals surface area contributed by atoms with Crippen LogP contribution >= 0.6 is 10.7 Å². The second-order valence-corrected chi connectivity index (χ2v) is 10.2. The number of aromatic hydroxyl groups is 1. The largest absolute Gasteiger partial charge is 0.506 e. The first kappa shape index (κ1) is 19.7. The minimum absolute atomic E-state index is 0.318. The average molecular weight is 397 g/mol. The molecule has 0 bridgehead atoms. The molecular formula is C24H32N2OS. The molecule has 1 atom stereocenters. The van der Waals surface area contributed by atoms with Crippen molar-refractivity contribution in [2.24, 2.45) is 5.41 Å². The molecule has 150 valence electrons. The van der Waals surface area contributed by atoms with Crippen molar-refractivity contribution >= 4 is 16.5 Å². The van der Waals surface area contributed by atoms with Crippen molar-refractivity contribution in [3.63, 3.8) is 0 Å². The van der Waals surface area contributed by atoms with E-state index in [0.717, 1.165) is 55.0 Å². The van der Waals surface area contributed by atoms with E-state index in [1.165, 1.54) is 24.0 Å². The van der Waals surface area contributed by atoms with Gasteiger partial charge in [0.05, 0.1) is 4.90 Å². The van der Waals surface area contributed by atoms with Gasteiger partial charge in [-0.15, -0.1) is 0 Å². The van der Waals surface area contributed by atoms with Crippen LogP contribution in [0.3, 0.4) is 0 Å². The Hall–Kier alpha value is -1.62. The van der Waals surface area contributed by atoms with E-state index in [4.69, 9.17) is 0 Å². The molecule has 0 aromatic heterocycles. The minimum Gasteiger partial charge on any atom is -0.506 e. The summed E-state index contributed by atoms with van der Waals surface area (Å²) in [5.41, 5.74) is 4.96. The van der Waals surface area contributed by atoms with Crippen LogP contribution in [0, 0.1) is 12.3 Å². The van der Waals surface area contributed by atoms with Crippen LogP contribution in [0.25, 0.3) is 11.1 Å². The molecule has 2 aliphatic heterocycles. The van der Waals surface area contributed by atoms with Gasteiger partial charge in [-0.1, -0.05) is 78.3 Å². The van der Waals surface area contributed by atoms with E-state index >= 15 is 0 Å². The molecular weight excluding hydrogens is 364 g/mol. The zero-order valence-electron chi connectivity index (χ0n) is 17.1. The van der Waals surface area contributed by atoms with E-state index in [0.29, 0.717) is 11.2 Å². The van der Waals surface area contributed by atoms with Crippen LogP contribution in [0.2, 0.25) is 0 Å². The van der Waals surface area contributed by atoms with Gasteiger partial charge < -0.3 is 10.4 Å². The second kappa shape index (κ2) is 8.02. The van der Waals surface area contributed by atoms with Gasteiger partial charge in [-0.25, -0.2) is 0 Å². The molecule has 0 aliphatic carbocycles. The summed E-state index contributed by atoms with van der Waals surface area (Å²) in [7, 11) is -0.318. The zero-order valence-corrected chi connectivity index (χ0v) is 17.9. The fourth-order valence-corrected chi connectivity index (χ4v) is 6.30. The highest BCUT2D eigenvalue weighted by Gasteiger charge is 2.48. The summed E-state index contributed by atoms with van der Waals surface area (Å²) in [5.74, 6) is 4.97. The van der Waals surface area contributed by atoms with Gasteiger partial charge in [-0.2, -0.15) is 0 Å². The maximum absolute atomic E-state index is 11.3. The molecule has 2 aromatic carbocycles. The number of hydrogen-bond acceptors (Lipinski definition) is 3. The molecule has 3 nitrogen and oxygen atoms in total. The maximum Gasteiger partial charge on any atom is 0.137 e. The Morgan fingerprint density at radius 3 is 2.61 bits per heavy atom. The normalized spacial score (nSPS) is 19.2. The summed E-state index contributed by atoms with van der Waals surface area (Å²) in [6.45, 7) is 8.76. The van der Waals surface area contributed by atoms with Gasteiger partial charge in [-0.05, 0) is 30.9 Å². The van der Waals surface area contributed by atoms with E-state index in [1.807, 2.05) is 0 Å². The van der Waals surface area contributed by atoms with Crippen molar-refractivity contribution in [3.05, 3.63) is 47.5 Å². The third-order valence-electron chi connectivity index (χ3n) is 6.16. The Bertz CT molecular complexity index is 880. The quantitative estimate of drug-likeness (QED) is 0.512. The van der Waals surface area contributed by atoms with Crippen molar-refractivity contribution in [1.82, 2.24) is 9.62 Å². The molecule has 2 N–H and O–H groups in total. The number of rotatable bonds is 7. The molecule has 2 aliphatic rings. The van der Waals surface area contributed by atoms with Crippen LogP contribution in [0.1, 0.15) is 37.3 Å². The van der Waals surface area contributed by atoms with Crippen molar-refractivity contribution in [2.45, 2.75) is 44.4 Å². The molecule has 2 fully saturated rings. The molecule has 28 heavy (non-hydrogen) atoms. The summed E-state index contributed by atoms with van der Waals surface area (Å²) in [6, 6.07) is 12.7. The number of nitrogens with one attached hydrogen (secondary N) is 1. The highest BCUT2D eigenvalue weighted by Crippen LogP contribution is 2.49. The molecule has 2 aromatic rings.